The SMILES string of the molecule is CCOC(=O)C1CCc2nc(NC(=O)CC)sc2C1. The number of amides is 1. The Kier molecular flexibility index (Phi) is 4.52. The van der Waals surface area contributed by atoms with Crippen LogP contribution in [0.1, 0.15) is 37.3 Å². The first-order valence-corrected chi connectivity index (χ1v) is 7.40. The Morgan fingerprint density at radius 2 is 2.26 bits per heavy atom. The Hall–Kier alpha value is -1.43. The molecule has 0 fully saturated rings. The van der Waals surface area contributed by atoms with Crippen molar-refractivity contribution in [1.29, 1.82) is 0 Å². The number of rotatable bonds is 4. The Morgan fingerprint density at radius 1 is 1.47 bits per heavy atom. The van der Waals surface area contributed by atoms with E-state index in [-0.39, 0.29) is 17.8 Å². The zero-order chi connectivity index (χ0) is 13.8. The molecule has 1 amide bonds. The van der Waals surface area contributed by atoms with Crippen LogP contribution < -0.4 is 5.32 Å². The highest BCUT2D eigenvalue weighted by Gasteiger charge is 2.28. The molecule has 0 bridgehead atoms. The van der Waals surface area contributed by atoms with E-state index in [1.807, 2.05) is 6.92 Å². The van der Waals surface area contributed by atoms with E-state index in [9.17, 15) is 9.59 Å². The molecule has 2 rings (SSSR count). The zero-order valence-electron chi connectivity index (χ0n) is 11.2. The van der Waals surface area contributed by atoms with Crippen LogP contribution in [0.2, 0.25) is 0 Å². The molecular weight excluding hydrogens is 264 g/mol. The molecule has 5 nitrogen and oxygen atoms in total. The molecular formula is C13H18N2O3S. The maximum Gasteiger partial charge on any atom is 0.309 e. The number of ether oxygens (including phenoxy) is 1. The van der Waals surface area contributed by atoms with Crippen LogP contribution >= 0.6 is 11.3 Å². The van der Waals surface area contributed by atoms with Gasteiger partial charge in [-0.2, -0.15) is 0 Å². The van der Waals surface area contributed by atoms with Gasteiger partial charge in [-0.05, 0) is 26.2 Å². The summed E-state index contributed by atoms with van der Waals surface area (Å²) in [6.07, 6.45) is 2.66. The van der Waals surface area contributed by atoms with Gasteiger partial charge in [0.1, 0.15) is 0 Å². The minimum atomic E-state index is -0.124. The molecule has 19 heavy (non-hydrogen) atoms. The molecule has 0 saturated heterocycles. The van der Waals surface area contributed by atoms with Crippen molar-refractivity contribution in [2.24, 2.45) is 5.92 Å². The summed E-state index contributed by atoms with van der Waals surface area (Å²) in [5.41, 5.74) is 1.01. The van der Waals surface area contributed by atoms with Gasteiger partial charge in [0.15, 0.2) is 5.13 Å². The molecule has 1 aliphatic carbocycles. The van der Waals surface area contributed by atoms with Crippen LogP contribution in [-0.4, -0.2) is 23.5 Å². The van der Waals surface area contributed by atoms with Gasteiger partial charge in [0, 0.05) is 11.3 Å². The van der Waals surface area contributed by atoms with Crippen LogP contribution in [0.15, 0.2) is 0 Å². The molecule has 1 unspecified atom stereocenters. The van der Waals surface area contributed by atoms with E-state index < -0.39 is 0 Å². The summed E-state index contributed by atoms with van der Waals surface area (Å²) in [6.45, 7) is 4.04. The minimum Gasteiger partial charge on any atom is -0.466 e. The molecule has 1 aromatic rings. The van der Waals surface area contributed by atoms with Gasteiger partial charge in [0.25, 0.3) is 0 Å². The predicted octanol–water partition coefficient (Wildman–Crippen LogP) is 2.16. The van der Waals surface area contributed by atoms with Gasteiger partial charge in [0.05, 0.1) is 18.2 Å². The monoisotopic (exact) mass is 282 g/mol. The van der Waals surface area contributed by atoms with Gasteiger partial charge >= 0.3 is 5.97 Å². The number of anilines is 1. The van der Waals surface area contributed by atoms with Crippen molar-refractivity contribution >= 4 is 28.3 Å². The number of fused-ring (bicyclic) bond motifs is 1. The Labute approximate surface area is 116 Å². The van der Waals surface area contributed by atoms with E-state index in [0.29, 0.717) is 24.6 Å². The van der Waals surface area contributed by atoms with Crippen LogP contribution in [0.5, 0.6) is 0 Å². The number of aromatic nitrogens is 1. The van der Waals surface area contributed by atoms with E-state index in [2.05, 4.69) is 10.3 Å². The number of hydrogen-bond donors (Lipinski definition) is 1. The standard InChI is InChI=1S/C13H18N2O3S/c1-3-11(16)15-13-14-9-6-5-8(7-10(9)19-13)12(17)18-4-2/h8H,3-7H2,1-2H3,(H,14,15,16). The van der Waals surface area contributed by atoms with Crippen molar-refractivity contribution in [1.82, 2.24) is 4.98 Å². The van der Waals surface area contributed by atoms with E-state index in [1.165, 1.54) is 11.3 Å². The van der Waals surface area contributed by atoms with Crippen LogP contribution in [0.25, 0.3) is 0 Å². The summed E-state index contributed by atoms with van der Waals surface area (Å²) in [4.78, 5) is 28.6. The highest BCUT2D eigenvalue weighted by atomic mass is 32.1. The average molecular weight is 282 g/mol. The zero-order valence-corrected chi connectivity index (χ0v) is 12.0. The molecule has 1 aliphatic rings. The second kappa shape index (κ2) is 6.14. The summed E-state index contributed by atoms with van der Waals surface area (Å²) >= 11 is 1.47. The summed E-state index contributed by atoms with van der Waals surface area (Å²) in [5, 5.41) is 3.41. The normalized spacial score (nSPS) is 17.7. The van der Waals surface area contributed by atoms with Gasteiger partial charge in [0.2, 0.25) is 5.91 Å². The minimum absolute atomic E-state index is 0.0342. The number of thiazole rings is 1. The van der Waals surface area contributed by atoms with Gasteiger partial charge in [-0.3, -0.25) is 9.59 Å². The highest BCUT2D eigenvalue weighted by molar-refractivity contribution is 7.15. The summed E-state index contributed by atoms with van der Waals surface area (Å²) in [7, 11) is 0. The van der Waals surface area contributed by atoms with E-state index >= 15 is 0 Å². The Bertz CT molecular complexity index is 484. The lowest BCUT2D eigenvalue weighted by molar-refractivity contribution is -0.148. The third kappa shape index (κ3) is 3.32. The number of carbonyl (C=O) groups is 2. The summed E-state index contributed by atoms with van der Waals surface area (Å²) in [5.74, 6) is -0.226. The summed E-state index contributed by atoms with van der Waals surface area (Å²) in [6, 6.07) is 0. The molecule has 104 valence electrons. The molecule has 0 aliphatic heterocycles. The fourth-order valence-electron chi connectivity index (χ4n) is 2.10. The van der Waals surface area contributed by atoms with Crippen molar-refractivity contribution in [2.75, 3.05) is 11.9 Å². The van der Waals surface area contributed by atoms with Gasteiger partial charge in [-0.25, -0.2) is 4.98 Å². The van der Waals surface area contributed by atoms with Crippen LogP contribution in [0.3, 0.4) is 0 Å². The number of nitrogens with zero attached hydrogens (tertiary/aromatic N) is 1. The predicted molar refractivity (Wildman–Crippen MR) is 73.2 cm³/mol. The fraction of sp³-hybridized carbons (Fsp3) is 0.615. The lowest BCUT2D eigenvalue weighted by Crippen LogP contribution is -2.24. The third-order valence-corrected chi connectivity index (χ3v) is 4.16. The number of esters is 1. The lowest BCUT2D eigenvalue weighted by Gasteiger charge is -2.18. The fourth-order valence-corrected chi connectivity index (χ4v) is 3.20. The van der Waals surface area contributed by atoms with Crippen molar-refractivity contribution < 1.29 is 14.3 Å². The van der Waals surface area contributed by atoms with Crippen LogP contribution in [0, 0.1) is 5.92 Å². The summed E-state index contributed by atoms with van der Waals surface area (Å²) < 4.78 is 5.06. The molecule has 1 aromatic heterocycles. The van der Waals surface area contributed by atoms with Crippen molar-refractivity contribution in [3.63, 3.8) is 0 Å². The van der Waals surface area contributed by atoms with Crippen molar-refractivity contribution in [3.8, 4) is 0 Å². The Morgan fingerprint density at radius 3 is 2.95 bits per heavy atom. The molecule has 0 spiro atoms. The smallest absolute Gasteiger partial charge is 0.309 e. The molecule has 6 heteroatoms. The maximum atomic E-state index is 11.7. The van der Waals surface area contributed by atoms with Crippen molar-refractivity contribution in [3.05, 3.63) is 10.6 Å². The number of carbonyl (C=O) groups excluding carboxylic acids is 2. The topological polar surface area (TPSA) is 68.3 Å². The van der Waals surface area contributed by atoms with Gasteiger partial charge < -0.3 is 10.1 Å². The molecule has 0 saturated carbocycles. The number of aryl methyl sites for hydroxylation is 1. The van der Waals surface area contributed by atoms with Gasteiger partial charge in [-0.1, -0.05) is 6.92 Å². The van der Waals surface area contributed by atoms with Crippen molar-refractivity contribution in [2.45, 2.75) is 39.5 Å². The average Bonchev–Trinajstić information content (AvgIpc) is 2.79. The van der Waals surface area contributed by atoms with Crippen LogP contribution in [0.4, 0.5) is 5.13 Å². The number of nitrogens with one attached hydrogen (secondary N) is 1. The number of hydrogen-bond acceptors (Lipinski definition) is 5. The van der Waals surface area contributed by atoms with Gasteiger partial charge in [-0.15, -0.1) is 11.3 Å². The maximum absolute atomic E-state index is 11.7. The molecule has 1 heterocycles. The third-order valence-electron chi connectivity index (χ3n) is 3.13. The first-order chi connectivity index (χ1) is 9.13. The second-order valence-electron chi connectivity index (χ2n) is 4.48. The van der Waals surface area contributed by atoms with Crippen LogP contribution in [-0.2, 0) is 27.2 Å². The van der Waals surface area contributed by atoms with E-state index in [0.717, 1.165) is 23.4 Å². The highest BCUT2D eigenvalue weighted by Crippen LogP contribution is 2.32. The Balaban J connectivity index is 2.04. The molecule has 0 radical (unpaired) electrons. The largest absolute Gasteiger partial charge is 0.466 e. The first kappa shape index (κ1) is 14.0. The molecule has 1 N–H and O–H groups in total. The molecule has 0 aromatic carbocycles. The first-order valence-electron chi connectivity index (χ1n) is 6.59. The molecule has 1 atom stereocenters. The lowest BCUT2D eigenvalue weighted by atomic mass is 9.91. The second-order valence-corrected chi connectivity index (χ2v) is 5.57. The quantitative estimate of drug-likeness (QED) is 0.859. The van der Waals surface area contributed by atoms with E-state index in [1.54, 1.807) is 6.92 Å². The van der Waals surface area contributed by atoms with E-state index in [4.69, 9.17) is 4.74 Å².